The average molecular weight is 399 g/mol. The predicted molar refractivity (Wildman–Crippen MR) is 119 cm³/mol. The third kappa shape index (κ3) is 4.04. The molecular formula is C24H25N5O. The summed E-state index contributed by atoms with van der Waals surface area (Å²) in [5, 5.41) is 1.18. The molecule has 0 spiro atoms. The van der Waals surface area contributed by atoms with Crippen molar-refractivity contribution in [1.29, 1.82) is 0 Å². The van der Waals surface area contributed by atoms with Gasteiger partial charge in [0, 0.05) is 60.1 Å². The van der Waals surface area contributed by atoms with Gasteiger partial charge < -0.3 is 14.6 Å². The molecule has 1 aromatic carbocycles. The minimum Gasteiger partial charge on any atom is -0.378 e. The molecule has 1 saturated heterocycles. The van der Waals surface area contributed by atoms with Gasteiger partial charge in [-0.1, -0.05) is 18.2 Å². The standard InChI is InChI=1S/C24H25N5O/c1-2-11-25-18(5-1)6-3-9-23-27-22(17-24(28-23)29-13-15-30-16-14-29)19-7-4-8-21-20(19)10-12-26-21/h1-2,4-5,7-8,10-12,17,26H,3,6,9,13-16H2. The number of aromatic nitrogens is 4. The van der Waals surface area contributed by atoms with Crippen LogP contribution < -0.4 is 4.90 Å². The summed E-state index contributed by atoms with van der Waals surface area (Å²) in [5.41, 5.74) is 4.34. The summed E-state index contributed by atoms with van der Waals surface area (Å²) in [6, 6.07) is 16.6. The molecule has 0 atom stereocenters. The molecule has 0 radical (unpaired) electrons. The number of hydrogen-bond donors (Lipinski definition) is 1. The first-order valence-electron chi connectivity index (χ1n) is 10.5. The molecule has 0 amide bonds. The van der Waals surface area contributed by atoms with Gasteiger partial charge in [0.2, 0.25) is 0 Å². The van der Waals surface area contributed by atoms with E-state index in [1.165, 1.54) is 5.39 Å². The number of nitrogens with zero attached hydrogens (tertiary/aromatic N) is 4. The maximum atomic E-state index is 5.53. The van der Waals surface area contributed by atoms with Crippen LogP contribution in [0, 0.1) is 0 Å². The van der Waals surface area contributed by atoms with Crippen molar-refractivity contribution in [2.24, 2.45) is 0 Å². The minimum absolute atomic E-state index is 0.738. The molecular weight excluding hydrogens is 374 g/mol. The lowest BCUT2D eigenvalue weighted by molar-refractivity contribution is 0.122. The molecule has 1 aliphatic heterocycles. The molecule has 4 aromatic rings. The van der Waals surface area contributed by atoms with Gasteiger partial charge in [0.05, 0.1) is 18.9 Å². The lowest BCUT2D eigenvalue weighted by Gasteiger charge is -2.28. The molecule has 6 nitrogen and oxygen atoms in total. The molecule has 3 aromatic heterocycles. The smallest absolute Gasteiger partial charge is 0.133 e. The number of hydrogen-bond acceptors (Lipinski definition) is 5. The zero-order valence-corrected chi connectivity index (χ0v) is 16.9. The van der Waals surface area contributed by atoms with Crippen molar-refractivity contribution in [2.45, 2.75) is 19.3 Å². The highest BCUT2D eigenvalue weighted by Gasteiger charge is 2.16. The van der Waals surface area contributed by atoms with E-state index in [9.17, 15) is 0 Å². The third-order valence-corrected chi connectivity index (χ3v) is 5.52. The fraction of sp³-hybridized carbons (Fsp3) is 0.292. The third-order valence-electron chi connectivity index (χ3n) is 5.52. The Hall–Kier alpha value is -3.25. The molecule has 0 saturated carbocycles. The number of anilines is 1. The highest BCUT2D eigenvalue weighted by Crippen LogP contribution is 2.29. The van der Waals surface area contributed by atoms with Crippen LogP contribution in [-0.2, 0) is 17.6 Å². The highest BCUT2D eigenvalue weighted by molar-refractivity contribution is 5.94. The Morgan fingerprint density at radius 3 is 2.77 bits per heavy atom. The van der Waals surface area contributed by atoms with Crippen LogP contribution in [0.4, 0.5) is 5.82 Å². The molecule has 6 heteroatoms. The van der Waals surface area contributed by atoms with Crippen LogP contribution >= 0.6 is 0 Å². The van der Waals surface area contributed by atoms with Gasteiger partial charge in [-0.3, -0.25) is 4.98 Å². The van der Waals surface area contributed by atoms with Crippen molar-refractivity contribution in [1.82, 2.24) is 19.9 Å². The van der Waals surface area contributed by atoms with Gasteiger partial charge in [0.1, 0.15) is 11.6 Å². The Bertz CT molecular complexity index is 1120. The van der Waals surface area contributed by atoms with Crippen molar-refractivity contribution in [2.75, 3.05) is 31.2 Å². The van der Waals surface area contributed by atoms with E-state index in [0.717, 1.165) is 79.7 Å². The summed E-state index contributed by atoms with van der Waals surface area (Å²) in [5.74, 6) is 1.88. The van der Waals surface area contributed by atoms with Gasteiger partial charge in [-0.05, 0) is 37.1 Å². The number of nitrogens with one attached hydrogen (secondary N) is 1. The summed E-state index contributed by atoms with van der Waals surface area (Å²) in [4.78, 5) is 19.9. The van der Waals surface area contributed by atoms with Crippen molar-refractivity contribution in [3.05, 3.63) is 72.4 Å². The van der Waals surface area contributed by atoms with E-state index in [2.05, 4.69) is 51.3 Å². The van der Waals surface area contributed by atoms with E-state index in [1.807, 2.05) is 24.5 Å². The molecule has 1 N–H and O–H groups in total. The van der Waals surface area contributed by atoms with Crippen molar-refractivity contribution in [3.63, 3.8) is 0 Å². The van der Waals surface area contributed by atoms with Crippen molar-refractivity contribution >= 4 is 16.7 Å². The number of aromatic amines is 1. The second kappa shape index (κ2) is 8.63. The topological polar surface area (TPSA) is 66.9 Å². The van der Waals surface area contributed by atoms with E-state index >= 15 is 0 Å². The number of rotatable bonds is 6. The SMILES string of the molecule is c1ccc(CCCc2nc(-c3cccc4[nH]ccc34)cc(N3CCOCC3)n2)nc1. The molecule has 0 aliphatic carbocycles. The fourth-order valence-corrected chi connectivity index (χ4v) is 3.97. The van der Waals surface area contributed by atoms with Crippen LogP contribution in [0.1, 0.15) is 17.9 Å². The first-order valence-corrected chi connectivity index (χ1v) is 10.5. The normalized spacial score (nSPS) is 14.3. The van der Waals surface area contributed by atoms with Crippen LogP contribution in [0.5, 0.6) is 0 Å². The van der Waals surface area contributed by atoms with Gasteiger partial charge in [-0.25, -0.2) is 9.97 Å². The number of morpholine rings is 1. The predicted octanol–water partition coefficient (Wildman–Crippen LogP) is 4.03. The Morgan fingerprint density at radius 1 is 0.967 bits per heavy atom. The Kier molecular flexibility index (Phi) is 5.40. The Balaban J connectivity index is 1.46. The Morgan fingerprint density at radius 2 is 1.90 bits per heavy atom. The molecule has 5 rings (SSSR count). The number of ether oxygens (including phenoxy) is 1. The second-order valence-corrected chi connectivity index (χ2v) is 7.55. The van der Waals surface area contributed by atoms with Crippen LogP contribution in [0.15, 0.2) is 60.9 Å². The van der Waals surface area contributed by atoms with E-state index in [-0.39, 0.29) is 0 Å². The summed E-state index contributed by atoms with van der Waals surface area (Å²) < 4.78 is 5.53. The average Bonchev–Trinajstić information content (AvgIpc) is 3.29. The van der Waals surface area contributed by atoms with Crippen molar-refractivity contribution < 1.29 is 4.74 Å². The van der Waals surface area contributed by atoms with E-state index in [1.54, 1.807) is 0 Å². The van der Waals surface area contributed by atoms with E-state index in [4.69, 9.17) is 14.7 Å². The number of pyridine rings is 1. The zero-order chi connectivity index (χ0) is 20.2. The van der Waals surface area contributed by atoms with E-state index in [0.29, 0.717) is 0 Å². The number of aryl methyl sites for hydroxylation is 2. The highest BCUT2D eigenvalue weighted by atomic mass is 16.5. The lowest BCUT2D eigenvalue weighted by atomic mass is 10.1. The van der Waals surface area contributed by atoms with Gasteiger partial charge in [0.15, 0.2) is 0 Å². The lowest BCUT2D eigenvalue weighted by Crippen LogP contribution is -2.37. The van der Waals surface area contributed by atoms with Crippen LogP contribution in [0.2, 0.25) is 0 Å². The van der Waals surface area contributed by atoms with Gasteiger partial charge in [0.25, 0.3) is 0 Å². The summed E-state index contributed by atoms with van der Waals surface area (Å²) in [6.07, 6.45) is 6.55. The number of H-pyrrole nitrogens is 1. The number of benzene rings is 1. The van der Waals surface area contributed by atoms with Crippen molar-refractivity contribution in [3.8, 4) is 11.3 Å². The first kappa shape index (κ1) is 18.8. The van der Waals surface area contributed by atoms with Crippen LogP contribution in [-0.4, -0.2) is 46.2 Å². The summed E-state index contributed by atoms with van der Waals surface area (Å²) >= 11 is 0. The first-order chi connectivity index (χ1) is 14.9. The van der Waals surface area contributed by atoms with Gasteiger partial charge in [-0.15, -0.1) is 0 Å². The molecule has 0 unspecified atom stereocenters. The summed E-state index contributed by atoms with van der Waals surface area (Å²) in [6.45, 7) is 3.19. The minimum atomic E-state index is 0.738. The Labute approximate surface area is 176 Å². The molecule has 1 fully saturated rings. The second-order valence-electron chi connectivity index (χ2n) is 7.55. The zero-order valence-electron chi connectivity index (χ0n) is 16.9. The maximum absolute atomic E-state index is 5.53. The fourth-order valence-electron chi connectivity index (χ4n) is 3.97. The van der Waals surface area contributed by atoms with Crippen LogP contribution in [0.25, 0.3) is 22.2 Å². The monoisotopic (exact) mass is 399 g/mol. The molecule has 4 heterocycles. The largest absolute Gasteiger partial charge is 0.378 e. The molecule has 152 valence electrons. The van der Waals surface area contributed by atoms with Gasteiger partial charge in [-0.2, -0.15) is 0 Å². The molecule has 30 heavy (non-hydrogen) atoms. The maximum Gasteiger partial charge on any atom is 0.133 e. The van der Waals surface area contributed by atoms with E-state index < -0.39 is 0 Å². The molecule has 1 aliphatic rings. The number of fused-ring (bicyclic) bond motifs is 1. The molecule has 0 bridgehead atoms. The summed E-state index contributed by atoms with van der Waals surface area (Å²) in [7, 11) is 0. The van der Waals surface area contributed by atoms with Crippen LogP contribution in [0.3, 0.4) is 0 Å². The quantitative estimate of drug-likeness (QED) is 0.530. The van der Waals surface area contributed by atoms with Gasteiger partial charge >= 0.3 is 0 Å².